The third-order valence-electron chi connectivity index (χ3n) is 3.14. The van der Waals surface area contributed by atoms with E-state index in [2.05, 4.69) is 10.6 Å². The van der Waals surface area contributed by atoms with Gasteiger partial charge < -0.3 is 10.6 Å². The first kappa shape index (κ1) is 15.6. The Labute approximate surface area is 112 Å². The Kier molecular flexibility index (Phi) is 5.00. The van der Waals surface area contributed by atoms with Crippen LogP contribution in [-0.4, -0.2) is 19.5 Å². The van der Waals surface area contributed by atoms with Crippen LogP contribution >= 0.6 is 0 Å². The van der Waals surface area contributed by atoms with Crippen molar-refractivity contribution < 1.29 is 13.6 Å². The predicted molar refractivity (Wildman–Crippen MR) is 70.6 cm³/mol. The Bertz CT molecular complexity index is 461. The van der Waals surface area contributed by atoms with Crippen molar-refractivity contribution in [2.24, 2.45) is 5.41 Å². The molecule has 106 valence electrons. The highest BCUT2D eigenvalue weighted by Crippen LogP contribution is 2.21. The lowest BCUT2D eigenvalue weighted by atomic mass is 9.91. The zero-order chi connectivity index (χ0) is 14.6. The first-order valence-electron chi connectivity index (χ1n) is 6.19. The maximum Gasteiger partial charge on any atom is 0.226 e. The van der Waals surface area contributed by atoms with Gasteiger partial charge in [-0.2, -0.15) is 0 Å². The number of nitrogens with one attached hydrogen (secondary N) is 2. The number of carbonyl (C=O) groups excluding carboxylic acids is 1. The lowest BCUT2D eigenvalue weighted by Gasteiger charge is -2.25. The third-order valence-corrected chi connectivity index (χ3v) is 3.14. The molecule has 0 unspecified atom stereocenters. The summed E-state index contributed by atoms with van der Waals surface area (Å²) in [5, 5.41) is 5.63. The maximum absolute atomic E-state index is 13.6. The van der Waals surface area contributed by atoms with Crippen molar-refractivity contribution in [2.75, 3.05) is 13.6 Å². The van der Waals surface area contributed by atoms with Gasteiger partial charge in [-0.05, 0) is 26.8 Å². The number of halogens is 2. The van der Waals surface area contributed by atoms with E-state index in [4.69, 9.17) is 0 Å². The fourth-order valence-corrected chi connectivity index (χ4v) is 1.79. The van der Waals surface area contributed by atoms with Gasteiger partial charge in [-0.15, -0.1) is 0 Å². The largest absolute Gasteiger partial charge is 0.359 e. The van der Waals surface area contributed by atoms with Gasteiger partial charge in [0.15, 0.2) is 11.6 Å². The minimum Gasteiger partial charge on any atom is -0.359 e. The van der Waals surface area contributed by atoms with Crippen molar-refractivity contribution in [1.82, 2.24) is 10.6 Å². The number of carbonyl (C=O) groups is 1. The summed E-state index contributed by atoms with van der Waals surface area (Å²) in [6.45, 7) is 5.67. The second kappa shape index (κ2) is 6.10. The molecule has 0 saturated heterocycles. The van der Waals surface area contributed by atoms with Crippen LogP contribution in [0.2, 0.25) is 0 Å². The van der Waals surface area contributed by atoms with Crippen molar-refractivity contribution >= 4 is 5.91 Å². The fraction of sp³-hybridized carbons (Fsp3) is 0.500. The Morgan fingerprint density at radius 2 is 2.00 bits per heavy atom. The summed E-state index contributed by atoms with van der Waals surface area (Å²) < 4.78 is 26.7. The van der Waals surface area contributed by atoms with E-state index in [1.165, 1.54) is 12.1 Å². The molecule has 0 aliphatic heterocycles. The minimum absolute atomic E-state index is 0.105. The SMILES string of the molecule is CNC(=O)C(C)(C)CN[C@H](C)c1cccc(F)c1F. The van der Waals surface area contributed by atoms with Crippen molar-refractivity contribution in [3.8, 4) is 0 Å². The predicted octanol–water partition coefficient (Wildman–Crippen LogP) is 2.39. The number of hydrogen-bond donors (Lipinski definition) is 2. The molecule has 0 aliphatic carbocycles. The second-order valence-electron chi connectivity index (χ2n) is 5.21. The molecule has 1 atom stereocenters. The second-order valence-corrected chi connectivity index (χ2v) is 5.21. The molecule has 0 aliphatic rings. The molecule has 0 bridgehead atoms. The summed E-state index contributed by atoms with van der Waals surface area (Å²) in [5.74, 6) is -1.82. The van der Waals surface area contributed by atoms with Crippen LogP contribution in [0.15, 0.2) is 18.2 Å². The Morgan fingerprint density at radius 3 is 2.58 bits per heavy atom. The number of hydrogen-bond acceptors (Lipinski definition) is 2. The molecule has 0 heterocycles. The van der Waals surface area contributed by atoms with Crippen LogP contribution in [-0.2, 0) is 4.79 Å². The highest BCUT2D eigenvalue weighted by atomic mass is 19.2. The van der Waals surface area contributed by atoms with Crippen LogP contribution in [0.3, 0.4) is 0 Å². The van der Waals surface area contributed by atoms with E-state index >= 15 is 0 Å². The van der Waals surface area contributed by atoms with Crippen molar-refractivity contribution in [3.05, 3.63) is 35.4 Å². The molecule has 0 aromatic heterocycles. The van der Waals surface area contributed by atoms with Crippen LogP contribution in [0.4, 0.5) is 8.78 Å². The molecule has 0 fully saturated rings. The summed E-state index contributed by atoms with van der Waals surface area (Å²) in [5.41, 5.74) is -0.361. The van der Waals surface area contributed by atoms with Crippen LogP contribution in [0.5, 0.6) is 0 Å². The van der Waals surface area contributed by atoms with E-state index in [9.17, 15) is 13.6 Å². The molecule has 19 heavy (non-hydrogen) atoms. The van der Waals surface area contributed by atoms with E-state index in [-0.39, 0.29) is 17.5 Å². The zero-order valence-corrected chi connectivity index (χ0v) is 11.7. The molecular weight excluding hydrogens is 250 g/mol. The average Bonchev–Trinajstić information content (AvgIpc) is 2.38. The smallest absolute Gasteiger partial charge is 0.226 e. The van der Waals surface area contributed by atoms with Gasteiger partial charge in [0.1, 0.15) is 0 Å². The van der Waals surface area contributed by atoms with Gasteiger partial charge in [-0.3, -0.25) is 4.79 Å². The third kappa shape index (κ3) is 3.73. The molecule has 1 aromatic rings. The summed E-state index contributed by atoms with van der Waals surface area (Å²) in [7, 11) is 1.57. The van der Waals surface area contributed by atoms with Crippen molar-refractivity contribution in [2.45, 2.75) is 26.8 Å². The maximum atomic E-state index is 13.6. The summed E-state index contributed by atoms with van der Waals surface area (Å²) in [4.78, 5) is 11.6. The van der Waals surface area contributed by atoms with Gasteiger partial charge in [0.25, 0.3) is 0 Å². The van der Waals surface area contributed by atoms with Crippen molar-refractivity contribution in [1.29, 1.82) is 0 Å². The number of amides is 1. The van der Waals surface area contributed by atoms with Gasteiger partial charge in [0, 0.05) is 25.2 Å². The quantitative estimate of drug-likeness (QED) is 0.862. The van der Waals surface area contributed by atoms with Gasteiger partial charge in [0.05, 0.1) is 5.41 Å². The molecular formula is C14H20F2N2O. The van der Waals surface area contributed by atoms with Crippen LogP contribution in [0.1, 0.15) is 32.4 Å². The Morgan fingerprint density at radius 1 is 1.37 bits per heavy atom. The summed E-state index contributed by atoms with van der Waals surface area (Å²) in [6.07, 6.45) is 0. The normalized spacial score (nSPS) is 13.2. The Hall–Kier alpha value is -1.49. The lowest BCUT2D eigenvalue weighted by molar-refractivity contribution is -0.128. The Balaban J connectivity index is 2.73. The minimum atomic E-state index is -0.864. The van der Waals surface area contributed by atoms with Crippen molar-refractivity contribution in [3.63, 3.8) is 0 Å². The van der Waals surface area contributed by atoms with E-state index in [0.29, 0.717) is 6.54 Å². The molecule has 3 nitrogen and oxygen atoms in total. The van der Waals surface area contributed by atoms with Crippen LogP contribution in [0, 0.1) is 17.0 Å². The first-order chi connectivity index (χ1) is 8.79. The van der Waals surface area contributed by atoms with E-state index < -0.39 is 17.0 Å². The topological polar surface area (TPSA) is 41.1 Å². The molecule has 1 amide bonds. The highest BCUT2D eigenvalue weighted by Gasteiger charge is 2.27. The lowest BCUT2D eigenvalue weighted by Crippen LogP contribution is -2.42. The monoisotopic (exact) mass is 270 g/mol. The summed E-state index contributed by atoms with van der Waals surface area (Å²) >= 11 is 0. The van der Waals surface area contributed by atoms with Gasteiger partial charge >= 0.3 is 0 Å². The van der Waals surface area contributed by atoms with E-state index in [1.807, 2.05) is 0 Å². The van der Waals surface area contributed by atoms with E-state index in [1.54, 1.807) is 27.8 Å². The molecule has 0 saturated carbocycles. The average molecular weight is 270 g/mol. The first-order valence-corrected chi connectivity index (χ1v) is 6.19. The number of rotatable bonds is 5. The van der Waals surface area contributed by atoms with Gasteiger partial charge in [0.2, 0.25) is 5.91 Å². The molecule has 0 radical (unpaired) electrons. The van der Waals surface area contributed by atoms with Gasteiger partial charge in [-0.25, -0.2) is 8.78 Å². The highest BCUT2D eigenvalue weighted by molar-refractivity contribution is 5.81. The molecule has 2 N–H and O–H groups in total. The van der Waals surface area contributed by atoms with Crippen LogP contribution in [0.25, 0.3) is 0 Å². The summed E-state index contributed by atoms with van der Waals surface area (Å²) in [6, 6.07) is 3.71. The molecule has 1 rings (SSSR count). The molecule has 5 heteroatoms. The van der Waals surface area contributed by atoms with E-state index in [0.717, 1.165) is 6.07 Å². The molecule has 0 spiro atoms. The molecule has 1 aromatic carbocycles. The zero-order valence-electron chi connectivity index (χ0n) is 11.7. The van der Waals surface area contributed by atoms with Gasteiger partial charge in [-0.1, -0.05) is 12.1 Å². The standard InChI is InChI=1S/C14H20F2N2O/c1-9(10-6-5-7-11(15)12(10)16)18-8-14(2,3)13(19)17-4/h5-7,9,18H,8H2,1-4H3,(H,17,19)/t9-/m1/s1. The fourth-order valence-electron chi connectivity index (χ4n) is 1.79. The van der Waals surface area contributed by atoms with Crippen LogP contribution < -0.4 is 10.6 Å². The number of benzene rings is 1.